The molecule has 0 radical (unpaired) electrons. The van der Waals surface area contributed by atoms with E-state index in [1.807, 2.05) is 35.7 Å². The first-order valence-corrected chi connectivity index (χ1v) is 13.2. The van der Waals surface area contributed by atoms with Crippen molar-refractivity contribution in [3.8, 4) is 33.5 Å². The summed E-state index contributed by atoms with van der Waals surface area (Å²) in [5.41, 5.74) is 2.78. The Bertz CT molecular complexity index is 1330. The van der Waals surface area contributed by atoms with Crippen molar-refractivity contribution in [2.75, 3.05) is 7.11 Å². The summed E-state index contributed by atoms with van der Waals surface area (Å²) >= 11 is 2.41. The second-order valence-electron chi connectivity index (χ2n) is 7.02. The van der Waals surface area contributed by atoms with E-state index in [0.717, 1.165) is 22.2 Å². The Morgan fingerprint density at radius 2 is 1.82 bits per heavy atom. The smallest absolute Gasteiger partial charge is 0.343 e. The van der Waals surface area contributed by atoms with Crippen molar-refractivity contribution in [2.45, 2.75) is 10.0 Å². The molecule has 1 unspecified atom stereocenters. The van der Waals surface area contributed by atoms with Gasteiger partial charge in [-0.3, -0.25) is 4.57 Å². The number of ether oxygens (including phenoxy) is 1. The van der Waals surface area contributed by atoms with Crippen LogP contribution in [0.25, 0.3) is 21.7 Å². The van der Waals surface area contributed by atoms with Gasteiger partial charge in [-0.15, -0.1) is 11.3 Å². The maximum absolute atomic E-state index is 12.4. The topological polar surface area (TPSA) is 103 Å². The molecule has 2 heterocycles. The minimum atomic E-state index is -4.57. The summed E-state index contributed by atoms with van der Waals surface area (Å²) in [6.07, 6.45) is 0. The van der Waals surface area contributed by atoms with E-state index in [1.165, 1.54) is 11.3 Å². The lowest BCUT2D eigenvalue weighted by atomic mass is 10.0. The third-order valence-electron chi connectivity index (χ3n) is 4.89. The molecular weight excluding hydrogens is 475 g/mol. The van der Waals surface area contributed by atoms with Crippen LogP contribution in [0, 0.1) is 11.3 Å². The van der Waals surface area contributed by atoms with Crippen LogP contribution < -0.4 is 4.74 Å². The van der Waals surface area contributed by atoms with Gasteiger partial charge in [-0.05, 0) is 40.8 Å². The van der Waals surface area contributed by atoms with Crippen molar-refractivity contribution in [2.24, 2.45) is 0 Å². The summed E-state index contributed by atoms with van der Waals surface area (Å²) in [6, 6.07) is 23.7. The van der Waals surface area contributed by atoms with Crippen molar-refractivity contribution in [1.29, 1.82) is 5.26 Å². The number of rotatable bonds is 7. The number of nitrogens with zero attached hydrogens (tertiary/aromatic N) is 2. The quantitative estimate of drug-likeness (QED) is 0.229. The van der Waals surface area contributed by atoms with E-state index in [1.54, 1.807) is 49.6 Å². The van der Waals surface area contributed by atoms with E-state index in [0.29, 0.717) is 22.6 Å². The molecule has 6 nitrogen and oxygen atoms in total. The monoisotopic (exact) mass is 494 g/mol. The molecule has 2 N–H and O–H groups in total. The third kappa shape index (κ3) is 5.19. The van der Waals surface area contributed by atoms with Gasteiger partial charge < -0.3 is 14.5 Å². The van der Waals surface area contributed by atoms with Crippen molar-refractivity contribution >= 4 is 30.7 Å². The van der Waals surface area contributed by atoms with E-state index in [9.17, 15) is 19.6 Å². The first kappa shape index (κ1) is 23.2. The summed E-state index contributed by atoms with van der Waals surface area (Å²) in [5, 5.41) is 12.2. The molecule has 33 heavy (non-hydrogen) atoms. The zero-order valence-corrected chi connectivity index (χ0v) is 20.0. The number of benzene rings is 2. The van der Waals surface area contributed by atoms with Crippen molar-refractivity contribution in [3.63, 3.8) is 0 Å². The summed E-state index contributed by atoms with van der Waals surface area (Å²) in [6.45, 7) is 0. The van der Waals surface area contributed by atoms with Gasteiger partial charge in [-0.25, -0.2) is 4.98 Å². The van der Waals surface area contributed by atoms with Gasteiger partial charge in [0.25, 0.3) is 0 Å². The normalized spacial score (nSPS) is 12.2. The Hall–Kier alpha value is -2.92. The fourth-order valence-corrected chi connectivity index (χ4v) is 6.34. The predicted octanol–water partition coefficient (Wildman–Crippen LogP) is 6.33. The van der Waals surface area contributed by atoms with Gasteiger partial charge >= 0.3 is 7.60 Å². The minimum Gasteiger partial charge on any atom is -0.497 e. The standard InChI is InChI=1S/C24H19N2O4PS2/c1-30-18-11-9-16(10-12-18)19-14-21(22-8-5-13-32-22)26-23(20(19)15-25)33-24(31(27,28)29)17-6-3-2-4-7-17/h2-14,24H,1H3,(H2,27,28,29). The zero-order valence-electron chi connectivity index (χ0n) is 17.5. The van der Waals surface area contributed by atoms with Crippen molar-refractivity contribution in [3.05, 3.63) is 89.3 Å². The molecule has 0 fully saturated rings. The van der Waals surface area contributed by atoms with Crippen LogP contribution in [0.2, 0.25) is 0 Å². The van der Waals surface area contributed by atoms with Crippen LogP contribution in [0.5, 0.6) is 5.75 Å². The molecule has 0 saturated heterocycles. The number of hydrogen-bond acceptors (Lipinski definition) is 6. The summed E-state index contributed by atoms with van der Waals surface area (Å²) in [7, 11) is -2.99. The summed E-state index contributed by atoms with van der Waals surface area (Å²) < 4.78 is 17.7. The first-order valence-electron chi connectivity index (χ1n) is 9.81. The Kier molecular flexibility index (Phi) is 6.99. The average molecular weight is 495 g/mol. The first-order chi connectivity index (χ1) is 15.9. The SMILES string of the molecule is COc1ccc(-c2cc(-c3cccs3)nc(SC(c3ccccc3)P(=O)(O)O)c2C#N)cc1. The number of hydrogen-bond donors (Lipinski definition) is 2. The highest BCUT2D eigenvalue weighted by atomic mass is 32.2. The van der Waals surface area contributed by atoms with Gasteiger partial charge in [0.05, 0.1) is 23.2 Å². The van der Waals surface area contributed by atoms with E-state index in [2.05, 4.69) is 11.1 Å². The lowest BCUT2D eigenvalue weighted by molar-refractivity contribution is 0.370. The van der Waals surface area contributed by atoms with Crippen LogP contribution in [0.3, 0.4) is 0 Å². The lowest BCUT2D eigenvalue weighted by Crippen LogP contribution is -2.00. The second kappa shape index (κ2) is 9.92. The highest BCUT2D eigenvalue weighted by molar-refractivity contribution is 8.04. The lowest BCUT2D eigenvalue weighted by Gasteiger charge is -2.20. The van der Waals surface area contributed by atoms with E-state index >= 15 is 0 Å². The number of nitriles is 1. The molecule has 2 aromatic carbocycles. The maximum Gasteiger partial charge on any atom is 0.343 e. The number of thioether (sulfide) groups is 1. The highest BCUT2D eigenvalue weighted by Crippen LogP contribution is 2.60. The molecule has 2 aromatic heterocycles. The molecule has 1 atom stereocenters. The van der Waals surface area contributed by atoms with Gasteiger partial charge in [0, 0.05) is 5.56 Å². The summed E-state index contributed by atoms with van der Waals surface area (Å²) in [4.78, 5) is 24.6. The van der Waals surface area contributed by atoms with Crippen molar-refractivity contribution < 1.29 is 19.1 Å². The van der Waals surface area contributed by atoms with Crippen LogP contribution >= 0.6 is 30.7 Å². The average Bonchev–Trinajstić information content (AvgIpc) is 3.37. The molecule has 0 aliphatic carbocycles. The molecule has 0 amide bonds. The molecule has 9 heteroatoms. The van der Waals surface area contributed by atoms with E-state index in [4.69, 9.17) is 4.74 Å². The molecule has 4 rings (SSSR count). The molecule has 0 aliphatic heterocycles. The highest BCUT2D eigenvalue weighted by Gasteiger charge is 2.33. The Morgan fingerprint density at radius 3 is 2.39 bits per heavy atom. The van der Waals surface area contributed by atoms with Crippen LogP contribution in [0.1, 0.15) is 16.1 Å². The molecule has 166 valence electrons. The van der Waals surface area contributed by atoms with Crippen LogP contribution in [0.4, 0.5) is 0 Å². The largest absolute Gasteiger partial charge is 0.497 e. The number of pyridine rings is 1. The van der Waals surface area contributed by atoms with Gasteiger partial charge in [0.2, 0.25) is 0 Å². The van der Waals surface area contributed by atoms with Gasteiger partial charge in [-0.1, -0.05) is 60.3 Å². The molecule has 0 saturated carbocycles. The van der Waals surface area contributed by atoms with Gasteiger partial charge in [0.1, 0.15) is 21.8 Å². The maximum atomic E-state index is 12.4. The molecule has 0 spiro atoms. The number of methoxy groups -OCH3 is 1. The molecule has 0 bridgehead atoms. The Labute approximate surface area is 199 Å². The van der Waals surface area contributed by atoms with Crippen LogP contribution in [-0.4, -0.2) is 21.9 Å². The molecular formula is C24H19N2O4PS2. The minimum absolute atomic E-state index is 0.264. The number of thiophene rings is 1. The third-order valence-corrected chi connectivity index (χ3v) is 8.84. The van der Waals surface area contributed by atoms with Gasteiger partial charge in [0.15, 0.2) is 0 Å². The zero-order chi connectivity index (χ0) is 23.4. The predicted molar refractivity (Wildman–Crippen MR) is 131 cm³/mol. The van der Waals surface area contributed by atoms with Crippen LogP contribution in [0.15, 0.2) is 83.2 Å². The van der Waals surface area contributed by atoms with Gasteiger partial charge in [-0.2, -0.15) is 5.26 Å². The molecule has 4 aromatic rings. The molecule has 0 aliphatic rings. The fourth-order valence-electron chi connectivity index (χ4n) is 3.32. The van der Waals surface area contributed by atoms with Crippen molar-refractivity contribution in [1.82, 2.24) is 4.98 Å². The fraction of sp³-hybridized carbons (Fsp3) is 0.0833. The second-order valence-corrected chi connectivity index (χ2v) is 11.1. The van der Waals surface area contributed by atoms with E-state index in [-0.39, 0.29) is 10.6 Å². The Morgan fingerprint density at radius 1 is 1.09 bits per heavy atom. The summed E-state index contributed by atoms with van der Waals surface area (Å²) in [5.74, 6) is 0.685. The Balaban J connectivity index is 1.90. The number of aromatic nitrogens is 1. The van der Waals surface area contributed by atoms with E-state index < -0.39 is 12.6 Å². The van der Waals surface area contributed by atoms with Crippen LogP contribution in [-0.2, 0) is 4.57 Å².